The summed E-state index contributed by atoms with van der Waals surface area (Å²) in [6.07, 6.45) is 4.68. The van der Waals surface area contributed by atoms with Gasteiger partial charge >= 0.3 is 0 Å². The van der Waals surface area contributed by atoms with Crippen LogP contribution in [0.5, 0.6) is 0 Å². The molecule has 0 amide bonds. The van der Waals surface area contributed by atoms with Gasteiger partial charge in [0.05, 0.1) is 13.2 Å². The molecule has 1 aliphatic heterocycles. The zero-order valence-corrected chi connectivity index (χ0v) is 7.87. The Morgan fingerprint density at radius 3 is 2.08 bits per heavy atom. The van der Waals surface area contributed by atoms with E-state index in [9.17, 15) is 0 Å². The van der Waals surface area contributed by atoms with E-state index >= 15 is 0 Å². The second-order valence-electron chi connectivity index (χ2n) is 4.62. The van der Waals surface area contributed by atoms with Crippen LogP contribution in [0.25, 0.3) is 0 Å². The maximum absolute atomic E-state index is 6.00. The normalized spacial score (nSPS) is 47.3. The highest BCUT2D eigenvalue weighted by Gasteiger charge is 2.57. The van der Waals surface area contributed by atoms with Crippen LogP contribution in [-0.2, 0) is 9.47 Å². The minimum atomic E-state index is -0.199. The number of ether oxygens (including phenoxy) is 2. The molecule has 3 aliphatic rings. The zero-order valence-electron chi connectivity index (χ0n) is 7.87. The summed E-state index contributed by atoms with van der Waals surface area (Å²) >= 11 is 0. The van der Waals surface area contributed by atoms with Crippen LogP contribution in [-0.4, -0.2) is 25.0 Å². The van der Waals surface area contributed by atoms with Gasteiger partial charge in [-0.3, -0.25) is 0 Å². The lowest BCUT2D eigenvalue weighted by atomic mass is 9.80. The van der Waals surface area contributed by atoms with Crippen molar-refractivity contribution >= 4 is 0 Å². The number of rotatable bonds is 0. The van der Waals surface area contributed by atoms with Crippen LogP contribution in [0.3, 0.4) is 0 Å². The first-order chi connectivity index (χ1) is 6.31. The first kappa shape index (κ1) is 8.21. The van der Waals surface area contributed by atoms with Gasteiger partial charge < -0.3 is 15.2 Å². The quantitative estimate of drug-likeness (QED) is 0.606. The second kappa shape index (κ2) is 2.69. The minimum Gasteiger partial charge on any atom is -0.347 e. The van der Waals surface area contributed by atoms with Crippen LogP contribution in [0.1, 0.15) is 25.7 Å². The predicted octanol–water partition coefficient (Wildman–Crippen LogP) is 0.877. The van der Waals surface area contributed by atoms with Crippen LogP contribution in [0, 0.1) is 11.8 Å². The third-order valence-electron chi connectivity index (χ3n) is 3.91. The molecule has 74 valence electrons. The summed E-state index contributed by atoms with van der Waals surface area (Å²) in [4.78, 5) is 0. The number of nitrogens with two attached hydrogens (primary N) is 1. The number of hydrogen-bond donors (Lipinski definition) is 1. The summed E-state index contributed by atoms with van der Waals surface area (Å²) in [5.74, 6) is 0.947. The molecule has 0 aromatic carbocycles. The maximum Gasteiger partial charge on any atom is 0.174 e. The molecule has 1 heterocycles. The van der Waals surface area contributed by atoms with Crippen molar-refractivity contribution in [2.75, 3.05) is 13.2 Å². The minimum absolute atomic E-state index is 0.199. The van der Waals surface area contributed by atoms with Gasteiger partial charge in [-0.2, -0.15) is 0 Å². The molecule has 2 saturated carbocycles. The second-order valence-corrected chi connectivity index (χ2v) is 4.62. The molecule has 3 rings (SSSR count). The third kappa shape index (κ3) is 1.01. The molecule has 3 heteroatoms. The lowest BCUT2D eigenvalue weighted by Gasteiger charge is -2.41. The van der Waals surface area contributed by atoms with Crippen molar-refractivity contribution in [2.45, 2.75) is 37.5 Å². The fraction of sp³-hybridized carbons (Fsp3) is 1.00. The van der Waals surface area contributed by atoms with Gasteiger partial charge in [-0.25, -0.2) is 0 Å². The van der Waals surface area contributed by atoms with E-state index in [4.69, 9.17) is 15.2 Å². The fourth-order valence-electron chi connectivity index (χ4n) is 3.44. The first-order valence-electron chi connectivity index (χ1n) is 5.35. The third-order valence-corrected chi connectivity index (χ3v) is 3.91. The summed E-state index contributed by atoms with van der Waals surface area (Å²) in [5, 5.41) is 0. The van der Waals surface area contributed by atoms with Crippen molar-refractivity contribution in [1.82, 2.24) is 0 Å². The Hall–Kier alpha value is -0.120. The summed E-state index contributed by atoms with van der Waals surface area (Å²) < 4.78 is 11.7. The van der Waals surface area contributed by atoms with Crippen LogP contribution >= 0.6 is 0 Å². The van der Waals surface area contributed by atoms with Gasteiger partial charge in [0, 0.05) is 17.9 Å². The largest absolute Gasteiger partial charge is 0.347 e. The summed E-state index contributed by atoms with van der Waals surface area (Å²) in [7, 11) is 0. The molecule has 1 unspecified atom stereocenters. The topological polar surface area (TPSA) is 44.5 Å². The van der Waals surface area contributed by atoms with E-state index in [2.05, 4.69) is 0 Å². The molecule has 3 nitrogen and oxygen atoms in total. The Bertz CT molecular complexity index is 197. The average molecular weight is 183 g/mol. The zero-order chi connectivity index (χ0) is 8.89. The van der Waals surface area contributed by atoms with Crippen molar-refractivity contribution in [1.29, 1.82) is 0 Å². The van der Waals surface area contributed by atoms with Crippen molar-refractivity contribution in [3.8, 4) is 0 Å². The van der Waals surface area contributed by atoms with E-state index < -0.39 is 0 Å². The van der Waals surface area contributed by atoms with E-state index in [0.717, 1.165) is 26.1 Å². The van der Waals surface area contributed by atoms with Gasteiger partial charge in [0.15, 0.2) is 5.79 Å². The predicted molar refractivity (Wildman–Crippen MR) is 48.1 cm³/mol. The van der Waals surface area contributed by atoms with Crippen molar-refractivity contribution < 1.29 is 9.47 Å². The molecule has 1 saturated heterocycles. The molecule has 3 atom stereocenters. The highest BCUT2D eigenvalue weighted by Crippen LogP contribution is 2.53. The van der Waals surface area contributed by atoms with Gasteiger partial charge in [0.2, 0.25) is 0 Å². The van der Waals surface area contributed by atoms with Crippen LogP contribution in [0.15, 0.2) is 0 Å². The Balaban J connectivity index is 1.89. The molecule has 0 aromatic rings. The standard InChI is InChI=1S/C10H17NO2/c11-9-5-7-1-2-8(6-9)10(7)12-3-4-13-10/h7-9H,1-6,11H2/t7-,8+,9?. The molecule has 0 radical (unpaired) electrons. The van der Waals surface area contributed by atoms with Crippen molar-refractivity contribution in [2.24, 2.45) is 17.6 Å². The summed E-state index contributed by atoms with van der Waals surface area (Å²) in [5.41, 5.74) is 6.00. The molecular weight excluding hydrogens is 166 g/mol. The van der Waals surface area contributed by atoms with Crippen molar-refractivity contribution in [3.05, 3.63) is 0 Å². The molecule has 2 aliphatic carbocycles. The Labute approximate surface area is 78.6 Å². The van der Waals surface area contributed by atoms with Crippen LogP contribution in [0.2, 0.25) is 0 Å². The fourth-order valence-corrected chi connectivity index (χ4v) is 3.44. The van der Waals surface area contributed by atoms with Gasteiger partial charge in [-0.1, -0.05) is 0 Å². The average Bonchev–Trinajstić information content (AvgIpc) is 2.63. The Morgan fingerprint density at radius 2 is 1.54 bits per heavy atom. The van der Waals surface area contributed by atoms with Gasteiger partial charge in [-0.15, -0.1) is 0 Å². The molecule has 1 spiro atoms. The molecule has 0 aromatic heterocycles. The van der Waals surface area contributed by atoms with E-state index in [1.165, 1.54) is 12.8 Å². The maximum atomic E-state index is 6.00. The molecule has 2 N–H and O–H groups in total. The molecule has 13 heavy (non-hydrogen) atoms. The van der Waals surface area contributed by atoms with Gasteiger partial charge in [0.1, 0.15) is 0 Å². The molecule has 3 fully saturated rings. The highest BCUT2D eigenvalue weighted by molar-refractivity contribution is 5.01. The van der Waals surface area contributed by atoms with E-state index in [1.807, 2.05) is 0 Å². The van der Waals surface area contributed by atoms with E-state index in [1.54, 1.807) is 0 Å². The summed E-state index contributed by atoms with van der Waals surface area (Å²) in [6.45, 7) is 1.56. The first-order valence-corrected chi connectivity index (χ1v) is 5.35. The van der Waals surface area contributed by atoms with Gasteiger partial charge in [0.25, 0.3) is 0 Å². The van der Waals surface area contributed by atoms with E-state index in [0.29, 0.717) is 17.9 Å². The van der Waals surface area contributed by atoms with Crippen molar-refractivity contribution in [3.63, 3.8) is 0 Å². The van der Waals surface area contributed by atoms with Gasteiger partial charge in [-0.05, 0) is 25.7 Å². The summed E-state index contributed by atoms with van der Waals surface area (Å²) in [6, 6.07) is 0.385. The lowest BCUT2D eigenvalue weighted by Crippen LogP contribution is -2.49. The smallest absolute Gasteiger partial charge is 0.174 e. The Morgan fingerprint density at radius 1 is 1.00 bits per heavy atom. The van der Waals surface area contributed by atoms with Crippen LogP contribution < -0.4 is 5.73 Å². The SMILES string of the molecule is NC1C[C@H]2CC[C@@H](C1)C21OCCO1. The highest BCUT2D eigenvalue weighted by atomic mass is 16.7. The monoisotopic (exact) mass is 183 g/mol. The molecular formula is C10H17NO2. The van der Waals surface area contributed by atoms with E-state index in [-0.39, 0.29) is 5.79 Å². The van der Waals surface area contributed by atoms with Crippen LogP contribution in [0.4, 0.5) is 0 Å². The lowest BCUT2D eigenvalue weighted by molar-refractivity contribution is -0.224. The Kier molecular flexibility index (Phi) is 1.70. The molecule has 2 bridgehead atoms. The number of hydrogen-bond acceptors (Lipinski definition) is 3.